The van der Waals surface area contributed by atoms with E-state index in [0.717, 1.165) is 24.9 Å². The number of hydrogen-bond acceptors (Lipinski definition) is 3. The van der Waals surface area contributed by atoms with E-state index in [4.69, 9.17) is 0 Å². The number of carbonyl (C=O) groups is 1. The lowest BCUT2D eigenvalue weighted by atomic mass is 10.1. The van der Waals surface area contributed by atoms with E-state index in [1.165, 1.54) is 4.88 Å². The number of rotatable bonds is 3. The Morgan fingerprint density at radius 3 is 2.95 bits per heavy atom. The number of amides is 2. The van der Waals surface area contributed by atoms with Crippen LogP contribution in [0.15, 0.2) is 42.0 Å². The summed E-state index contributed by atoms with van der Waals surface area (Å²) in [6, 6.07) is 8.29. The van der Waals surface area contributed by atoms with E-state index in [9.17, 15) is 4.79 Å². The molecule has 3 rings (SSSR count). The average Bonchev–Trinajstić information content (AvgIpc) is 3.18. The van der Waals surface area contributed by atoms with Crippen molar-refractivity contribution in [3.63, 3.8) is 0 Å². The Bertz CT molecular complexity index is 585. The second kappa shape index (κ2) is 6.26. The van der Waals surface area contributed by atoms with Gasteiger partial charge in [0.25, 0.3) is 0 Å². The van der Waals surface area contributed by atoms with Crippen LogP contribution >= 0.6 is 11.3 Å². The minimum Gasteiger partial charge on any atom is -0.331 e. The summed E-state index contributed by atoms with van der Waals surface area (Å²) < 4.78 is 0. The van der Waals surface area contributed by atoms with Crippen LogP contribution in [0.5, 0.6) is 0 Å². The Morgan fingerprint density at radius 1 is 1.43 bits per heavy atom. The second-order valence-electron chi connectivity index (χ2n) is 5.32. The molecule has 5 heteroatoms. The third-order valence-electron chi connectivity index (χ3n) is 3.93. The molecule has 1 aliphatic rings. The van der Waals surface area contributed by atoms with Gasteiger partial charge in [0.05, 0.1) is 12.1 Å². The SMILES string of the molecule is C[C@@H](NC(=O)N1CCC[C@H]1c1cccs1)c1ccncc1. The van der Waals surface area contributed by atoms with Crippen molar-refractivity contribution in [1.29, 1.82) is 0 Å². The first-order valence-electron chi connectivity index (χ1n) is 7.26. The van der Waals surface area contributed by atoms with E-state index in [1.54, 1.807) is 23.7 Å². The van der Waals surface area contributed by atoms with Gasteiger partial charge in [0.15, 0.2) is 0 Å². The molecular formula is C16H19N3OS. The molecule has 0 bridgehead atoms. The summed E-state index contributed by atoms with van der Waals surface area (Å²) in [5.41, 5.74) is 1.07. The van der Waals surface area contributed by atoms with E-state index in [1.807, 2.05) is 30.0 Å². The van der Waals surface area contributed by atoms with Gasteiger partial charge in [-0.15, -0.1) is 11.3 Å². The van der Waals surface area contributed by atoms with Gasteiger partial charge in [0.1, 0.15) is 0 Å². The zero-order valence-electron chi connectivity index (χ0n) is 12.0. The van der Waals surface area contributed by atoms with Crippen LogP contribution in [-0.4, -0.2) is 22.5 Å². The number of carbonyl (C=O) groups excluding carboxylic acids is 1. The predicted octanol–water partition coefficient (Wildman–Crippen LogP) is 3.75. The number of likely N-dealkylation sites (tertiary alicyclic amines) is 1. The lowest BCUT2D eigenvalue weighted by molar-refractivity contribution is 0.190. The normalized spacial score (nSPS) is 19.5. The molecule has 0 radical (unpaired) electrons. The number of hydrogen-bond donors (Lipinski definition) is 1. The van der Waals surface area contributed by atoms with Gasteiger partial charge in [-0.25, -0.2) is 4.79 Å². The maximum Gasteiger partial charge on any atom is 0.318 e. The van der Waals surface area contributed by atoms with E-state index < -0.39 is 0 Å². The fraction of sp³-hybridized carbons (Fsp3) is 0.375. The zero-order chi connectivity index (χ0) is 14.7. The van der Waals surface area contributed by atoms with Gasteiger partial charge in [-0.2, -0.15) is 0 Å². The Hall–Kier alpha value is -1.88. The van der Waals surface area contributed by atoms with E-state index >= 15 is 0 Å². The summed E-state index contributed by atoms with van der Waals surface area (Å²) in [6.07, 6.45) is 5.63. The second-order valence-corrected chi connectivity index (χ2v) is 6.30. The molecule has 21 heavy (non-hydrogen) atoms. The number of aromatic nitrogens is 1. The topological polar surface area (TPSA) is 45.2 Å². The highest BCUT2D eigenvalue weighted by atomic mass is 32.1. The Kier molecular flexibility index (Phi) is 4.20. The molecule has 0 aliphatic carbocycles. The molecule has 0 saturated carbocycles. The maximum atomic E-state index is 12.5. The van der Waals surface area contributed by atoms with Crippen LogP contribution in [0.1, 0.15) is 42.3 Å². The van der Waals surface area contributed by atoms with Crippen LogP contribution in [0.25, 0.3) is 0 Å². The van der Waals surface area contributed by atoms with Crippen molar-refractivity contribution in [1.82, 2.24) is 15.2 Å². The molecule has 2 aromatic heterocycles. The molecule has 110 valence electrons. The molecule has 0 aromatic carbocycles. The molecule has 0 spiro atoms. The third-order valence-corrected chi connectivity index (χ3v) is 4.90. The quantitative estimate of drug-likeness (QED) is 0.938. The minimum absolute atomic E-state index is 0.00918. The first kappa shape index (κ1) is 14.1. The van der Waals surface area contributed by atoms with Crippen molar-refractivity contribution in [3.8, 4) is 0 Å². The summed E-state index contributed by atoms with van der Waals surface area (Å²) >= 11 is 1.73. The first-order valence-corrected chi connectivity index (χ1v) is 8.14. The van der Waals surface area contributed by atoms with E-state index in [2.05, 4.69) is 21.7 Å². The number of thiophene rings is 1. The van der Waals surface area contributed by atoms with Gasteiger partial charge in [-0.1, -0.05) is 6.07 Å². The molecule has 3 heterocycles. The molecule has 0 unspecified atom stereocenters. The van der Waals surface area contributed by atoms with Crippen molar-refractivity contribution >= 4 is 17.4 Å². The third kappa shape index (κ3) is 3.08. The zero-order valence-corrected chi connectivity index (χ0v) is 12.8. The number of pyridine rings is 1. The largest absolute Gasteiger partial charge is 0.331 e. The lowest BCUT2D eigenvalue weighted by Crippen LogP contribution is -2.40. The van der Waals surface area contributed by atoms with Crippen LogP contribution in [-0.2, 0) is 0 Å². The Morgan fingerprint density at radius 2 is 2.24 bits per heavy atom. The summed E-state index contributed by atoms with van der Waals surface area (Å²) in [4.78, 5) is 19.8. The van der Waals surface area contributed by atoms with Gasteiger partial charge in [0.2, 0.25) is 0 Å². The first-order chi connectivity index (χ1) is 10.3. The summed E-state index contributed by atoms with van der Waals surface area (Å²) in [5, 5.41) is 5.17. The van der Waals surface area contributed by atoms with Crippen molar-refractivity contribution in [2.45, 2.75) is 31.8 Å². The Balaban J connectivity index is 1.67. The van der Waals surface area contributed by atoms with Crippen LogP contribution in [0.2, 0.25) is 0 Å². The monoisotopic (exact) mass is 301 g/mol. The summed E-state index contributed by atoms with van der Waals surface area (Å²) in [7, 11) is 0. The van der Waals surface area contributed by atoms with Gasteiger partial charge in [-0.05, 0) is 48.9 Å². The Labute approximate surface area is 128 Å². The van der Waals surface area contributed by atoms with Crippen LogP contribution in [0, 0.1) is 0 Å². The van der Waals surface area contributed by atoms with Crippen LogP contribution in [0.3, 0.4) is 0 Å². The number of nitrogens with zero attached hydrogens (tertiary/aromatic N) is 2. The summed E-state index contributed by atoms with van der Waals surface area (Å²) in [5.74, 6) is 0. The standard InChI is InChI=1S/C16H19N3OS/c1-12(13-6-8-17-9-7-13)18-16(20)19-10-2-4-14(19)15-5-3-11-21-15/h3,5-9,11-12,14H,2,4,10H2,1H3,(H,18,20)/t12-,14+/m1/s1. The fourth-order valence-corrected chi connectivity index (χ4v) is 3.66. The van der Waals surface area contributed by atoms with Crippen molar-refractivity contribution < 1.29 is 4.79 Å². The fourth-order valence-electron chi connectivity index (χ4n) is 2.79. The maximum absolute atomic E-state index is 12.5. The number of nitrogens with one attached hydrogen (secondary N) is 1. The average molecular weight is 301 g/mol. The molecule has 1 fully saturated rings. The highest BCUT2D eigenvalue weighted by molar-refractivity contribution is 7.10. The molecule has 1 aliphatic heterocycles. The molecule has 2 aromatic rings. The van der Waals surface area contributed by atoms with Gasteiger partial charge >= 0.3 is 6.03 Å². The molecule has 4 nitrogen and oxygen atoms in total. The smallest absolute Gasteiger partial charge is 0.318 e. The predicted molar refractivity (Wildman–Crippen MR) is 84.2 cm³/mol. The van der Waals surface area contributed by atoms with Crippen molar-refractivity contribution in [3.05, 3.63) is 52.5 Å². The molecular weight excluding hydrogens is 282 g/mol. The molecule has 1 saturated heterocycles. The van der Waals surface area contributed by atoms with Crippen molar-refractivity contribution in [2.75, 3.05) is 6.54 Å². The van der Waals surface area contributed by atoms with Gasteiger partial charge in [-0.3, -0.25) is 4.98 Å². The highest BCUT2D eigenvalue weighted by Gasteiger charge is 2.31. The van der Waals surface area contributed by atoms with Gasteiger partial charge < -0.3 is 10.2 Å². The molecule has 2 amide bonds. The van der Waals surface area contributed by atoms with Gasteiger partial charge in [0, 0.05) is 23.8 Å². The van der Waals surface area contributed by atoms with Crippen molar-refractivity contribution in [2.24, 2.45) is 0 Å². The summed E-state index contributed by atoms with van der Waals surface area (Å²) in [6.45, 7) is 2.83. The highest BCUT2D eigenvalue weighted by Crippen LogP contribution is 2.34. The van der Waals surface area contributed by atoms with Crippen LogP contribution in [0.4, 0.5) is 4.79 Å². The lowest BCUT2D eigenvalue weighted by Gasteiger charge is -2.26. The number of urea groups is 1. The van der Waals surface area contributed by atoms with Crippen LogP contribution < -0.4 is 5.32 Å². The van der Waals surface area contributed by atoms with E-state index in [0.29, 0.717) is 0 Å². The minimum atomic E-state index is -0.00918. The molecule has 2 atom stereocenters. The molecule has 1 N–H and O–H groups in total. The van der Waals surface area contributed by atoms with E-state index in [-0.39, 0.29) is 18.1 Å².